The third-order valence-electron chi connectivity index (χ3n) is 3.95. The van der Waals surface area contributed by atoms with Gasteiger partial charge in [-0.25, -0.2) is 14.4 Å². The molecule has 0 radical (unpaired) electrons. The summed E-state index contributed by atoms with van der Waals surface area (Å²) in [5, 5.41) is 0. The van der Waals surface area contributed by atoms with Crippen LogP contribution in [0, 0.1) is 5.82 Å². The van der Waals surface area contributed by atoms with Crippen LogP contribution >= 0.6 is 0 Å². The summed E-state index contributed by atoms with van der Waals surface area (Å²) in [6.45, 7) is 1.82. The van der Waals surface area contributed by atoms with Crippen molar-refractivity contribution in [3.8, 4) is 0 Å². The molecule has 1 unspecified atom stereocenters. The van der Waals surface area contributed by atoms with Crippen molar-refractivity contribution in [1.82, 2.24) is 14.9 Å². The number of hydrogen-bond donors (Lipinski definition) is 1. The second-order valence-electron chi connectivity index (χ2n) is 5.45. The predicted molar refractivity (Wildman–Crippen MR) is 79.8 cm³/mol. The van der Waals surface area contributed by atoms with E-state index < -0.39 is 0 Å². The molecule has 0 saturated carbocycles. The van der Waals surface area contributed by atoms with E-state index in [0.29, 0.717) is 5.95 Å². The van der Waals surface area contributed by atoms with Crippen LogP contribution in [0.3, 0.4) is 0 Å². The Morgan fingerprint density at radius 2 is 2.00 bits per heavy atom. The monoisotopic (exact) mass is 286 g/mol. The molecule has 1 aliphatic heterocycles. The molecule has 1 fully saturated rings. The van der Waals surface area contributed by atoms with Gasteiger partial charge >= 0.3 is 0 Å². The fourth-order valence-electron chi connectivity index (χ4n) is 2.91. The van der Waals surface area contributed by atoms with Crippen molar-refractivity contribution in [2.75, 3.05) is 12.3 Å². The number of piperidine rings is 1. The quantitative estimate of drug-likeness (QED) is 0.942. The predicted octanol–water partition coefficient (Wildman–Crippen LogP) is 2.93. The minimum Gasteiger partial charge on any atom is -0.368 e. The first-order valence-electron chi connectivity index (χ1n) is 7.29. The first-order chi connectivity index (χ1) is 10.2. The van der Waals surface area contributed by atoms with Gasteiger partial charge in [-0.15, -0.1) is 0 Å². The summed E-state index contributed by atoms with van der Waals surface area (Å²) in [6, 6.07) is 8.90. The Kier molecular flexibility index (Phi) is 4.10. The summed E-state index contributed by atoms with van der Waals surface area (Å²) >= 11 is 0. The van der Waals surface area contributed by atoms with Crippen LogP contribution in [0.5, 0.6) is 0 Å². The number of nitrogens with zero attached hydrogens (tertiary/aromatic N) is 3. The van der Waals surface area contributed by atoms with E-state index in [2.05, 4.69) is 14.9 Å². The van der Waals surface area contributed by atoms with Gasteiger partial charge in [-0.2, -0.15) is 0 Å². The van der Waals surface area contributed by atoms with Crippen molar-refractivity contribution >= 4 is 5.95 Å². The van der Waals surface area contributed by atoms with Gasteiger partial charge in [-0.3, -0.25) is 4.90 Å². The molecule has 4 nitrogen and oxygen atoms in total. The molecule has 0 aliphatic carbocycles. The number of benzene rings is 1. The minimum absolute atomic E-state index is 0.197. The normalized spacial score (nSPS) is 19.6. The van der Waals surface area contributed by atoms with Gasteiger partial charge in [0, 0.05) is 12.7 Å². The molecule has 0 spiro atoms. The second-order valence-corrected chi connectivity index (χ2v) is 5.45. The van der Waals surface area contributed by atoms with Crippen LogP contribution in [-0.2, 0) is 6.54 Å². The largest absolute Gasteiger partial charge is 0.368 e. The van der Waals surface area contributed by atoms with Crippen molar-refractivity contribution in [3.05, 3.63) is 53.6 Å². The third kappa shape index (κ3) is 3.36. The van der Waals surface area contributed by atoms with E-state index in [4.69, 9.17) is 5.73 Å². The smallest absolute Gasteiger partial charge is 0.220 e. The SMILES string of the molecule is Nc1nccc(C2CCCCN2Cc2ccc(F)cc2)n1. The van der Waals surface area contributed by atoms with Crippen LogP contribution in [0.15, 0.2) is 36.5 Å². The Morgan fingerprint density at radius 3 is 2.76 bits per heavy atom. The molecule has 2 heterocycles. The summed E-state index contributed by atoms with van der Waals surface area (Å²) in [5.41, 5.74) is 7.79. The summed E-state index contributed by atoms with van der Waals surface area (Å²) in [5.74, 6) is 0.123. The van der Waals surface area contributed by atoms with Crippen LogP contribution in [0.25, 0.3) is 0 Å². The Labute approximate surface area is 123 Å². The number of halogens is 1. The van der Waals surface area contributed by atoms with Crippen LogP contribution < -0.4 is 5.73 Å². The molecule has 1 aromatic heterocycles. The van der Waals surface area contributed by atoms with Crippen molar-refractivity contribution in [1.29, 1.82) is 0 Å². The van der Waals surface area contributed by atoms with E-state index in [0.717, 1.165) is 30.8 Å². The number of anilines is 1. The number of rotatable bonds is 3. The second kappa shape index (κ2) is 6.18. The first kappa shape index (κ1) is 13.9. The Balaban J connectivity index is 1.79. The maximum Gasteiger partial charge on any atom is 0.220 e. The standard InChI is InChI=1S/C16H19FN4/c17-13-6-4-12(5-7-13)11-21-10-2-1-3-15(21)14-8-9-19-16(18)20-14/h4-9,15H,1-3,10-11H2,(H2,18,19,20). The summed E-state index contributed by atoms with van der Waals surface area (Å²) in [6.07, 6.45) is 5.15. The molecule has 110 valence electrons. The van der Waals surface area contributed by atoms with Crippen molar-refractivity contribution in [2.45, 2.75) is 31.8 Å². The molecule has 1 saturated heterocycles. The molecule has 5 heteroatoms. The van der Waals surface area contributed by atoms with Gasteiger partial charge < -0.3 is 5.73 Å². The highest BCUT2D eigenvalue weighted by Gasteiger charge is 2.25. The highest BCUT2D eigenvalue weighted by Crippen LogP contribution is 2.31. The number of aromatic nitrogens is 2. The molecular formula is C16H19FN4. The Hall–Kier alpha value is -2.01. The lowest BCUT2D eigenvalue weighted by molar-refractivity contribution is 0.137. The van der Waals surface area contributed by atoms with Gasteiger partial charge in [0.15, 0.2) is 0 Å². The Bertz CT molecular complexity index is 599. The van der Waals surface area contributed by atoms with Crippen LogP contribution in [0.4, 0.5) is 10.3 Å². The first-order valence-corrected chi connectivity index (χ1v) is 7.29. The average molecular weight is 286 g/mol. The lowest BCUT2D eigenvalue weighted by Gasteiger charge is -2.35. The zero-order valence-electron chi connectivity index (χ0n) is 11.9. The van der Waals surface area contributed by atoms with E-state index in [9.17, 15) is 4.39 Å². The highest BCUT2D eigenvalue weighted by atomic mass is 19.1. The molecule has 2 aromatic rings. The molecule has 1 aromatic carbocycles. The van der Waals surface area contributed by atoms with Gasteiger partial charge in [0.1, 0.15) is 5.82 Å². The van der Waals surface area contributed by atoms with Gasteiger partial charge in [0.05, 0.1) is 11.7 Å². The number of nitrogen functional groups attached to an aromatic ring is 1. The summed E-state index contributed by atoms with van der Waals surface area (Å²) in [7, 11) is 0. The van der Waals surface area contributed by atoms with Crippen molar-refractivity contribution in [2.24, 2.45) is 0 Å². The molecule has 3 rings (SSSR count). The lowest BCUT2D eigenvalue weighted by Crippen LogP contribution is -2.33. The van der Waals surface area contributed by atoms with Crippen LogP contribution in [0.1, 0.15) is 36.6 Å². The summed E-state index contributed by atoms with van der Waals surface area (Å²) < 4.78 is 13.0. The molecule has 1 atom stereocenters. The fraction of sp³-hybridized carbons (Fsp3) is 0.375. The van der Waals surface area contributed by atoms with Crippen LogP contribution in [0.2, 0.25) is 0 Å². The number of likely N-dealkylation sites (tertiary alicyclic amines) is 1. The number of hydrogen-bond acceptors (Lipinski definition) is 4. The molecular weight excluding hydrogens is 267 g/mol. The zero-order valence-corrected chi connectivity index (χ0v) is 11.9. The van der Waals surface area contributed by atoms with E-state index in [-0.39, 0.29) is 11.9 Å². The Morgan fingerprint density at radius 1 is 1.19 bits per heavy atom. The lowest BCUT2D eigenvalue weighted by atomic mass is 9.98. The highest BCUT2D eigenvalue weighted by molar-refractivity contribution is 5.21. The number of nitrogens with two attached hydrogens (primary N) is 1. The van der Waals surface area contributed by atoms with Gasteiger partial charge in [0.2, 0.25) is 5.95 Å². The van der Waals surface area contributed by atoms with Gasteiger partial charge in [-0.1, -0.05) is 18.6 Å². The topological polar surface area (TPSA) is 55.0 Å². The van der Waals surface area contributed by atoms with Crippen molar-refractivity contribution < 1.29 is 4.39 Å². The van der Waals surface area contributed by atoms with Gasteiger partial charge in [0.25, 0.3) is 0 Å². The molecule has 0 bridgehead atoms. The molecule has 1 aliphatic rings. The fourth-order valence-corrected chi connectivity index (χ4v) is 2.91. The van der Waals surface area contributed by atoms with E-state index in [1.807, 2.05) is 18.2 Å². The van der Waals surface area contributed by atoms with E-state index in [1.54, 1.807) is 6.20 Å². The van der Waals surface area contributed by atoms with Crippen LogP contribution in [-0.4, -0.2) is 21.4 Å². The van der Waals surface area contributed by atoms with E-state index in [1.165, 1.54) is 25.0 Å². The van der Waals surface area contributed by atoms with Crippen molar-refractivity contribution in [3.63, 3.8) is 0 Å². The average Bonchev–Trinajstić information content (AvgIpc) is 2.50. The molecule has 21 heavy (non-hydrogen) atoms. The van der Waals surface area contributed by atoms with E-state index >= 15 is 0 Å². The van der Waals surface area contributed by atoms with Gasteiger partial charge in [-0.05, 0) is 43.1 Å². The maximum atomic E-state index is 13.0. The molecule has 2 N–H and O–H groups in total. The summed E-state index contributed by atoms with van der Waals surface area (Å²) in [4.78, 5) is 10.7. The zero-order chi connectivity index (χ0) is 14.7. The third-order valence-corrected chi connectivity index (χ3v) is 3.95. The molecule has 0 amide bonds. The minimum atomic E-state index is -0.197. The maximum absolute atomic E-state index is 13.0.